The number of rotatable bonds is 4. The largest absolute Gasteiger partial charge is 0.384 e. The second kappa shape index (κ2) is 10.3. The first-order valence-corrected chi connectivity index (χ1v) is 12.7. The van der Waals surface area contributed by atoms with Gasteiger partial charge in [-0.2, -0.15) is 5.26 Å². The van der Waals surface area contributed by atoms with Gasteiger partial charge in [-0.05, 0) is 29.8 Å². The summed E-state index contributed by atoms with van der Waals surface area (Å²) >= 11 is 0. The summed E-state index contributed by atoms with van der Waals surface area (Å²) < 4.78 is 42.0. The van der Waals surface area contributed by atoms with E-state index in [1.54, 1.807) is 28.0 Å². The van der Waals surface area contributed by atoms with Crippen LogP contribution < -0.4 is 4.90 Å². The van der Waals surface area contributed by atoms with Crippen LogP contribution in [0.5, 0.6) is 0 Å². The third kappa shape index (κ3) is 4.81. The van der Waals surface area contributed by atoms with Crippen LogP contribution in [0.25, 0.3) is 0 Å². The Morgan fingerprint density at radius 1 is 1.00 bits per heavy atom. The van der Waals surface area contributed by atoms with Crippen molar-refractivity contribution in [1.29, 1.82) is 5.26 Å². The van der Waals surface area contributed by atoms with Crippen LogP contribution in [0.2, 0.25) is 0 Å². The van der Waals surface area contributed by atoms with Gasteiger partial charge in [0, 0.05) is 50.0 Å². The molecule has 2 aliphatic rings. The Kier molecular flexibility index (Phi) is 6.99. The topological polar surface area (TPSA) is 106 Å². The Balaban J connectivity index is 1.43. The first kappa shape index (κ1) is 26.6. The third-order valence-corrected chi connectivity index (χ3v) is 8.02. The molecule has 2 aliphatic heterocycles. The highest BCUT2D eigenvalue weighted by Crippen LogP contribution is 2.43. The van der Waals surface area contributed by atoms with Crippen molar-refractivity contribution in [1.82, 2.24) is 20.1 Å². The summed E-state index contributed by atoms with van der Waals surface area (Å²) in [5.74, 6) is -4.06. The Hall–Kier alpha value is -4.04. The van der Waals surface area contributed by atoms with Crippen LogP contribution in [0, 0.1) is 46.5 Å². The molecule has 0 radical (unpaired) electrons. The number of hydrogen-bond acceptors (Lipinski definition) is 7. The summed E-state index contributed by atoms with van der Waals surface area (Å²) in [6.07, 6.45) is 0.929. The number of aliphatic hydroxyl groups is 1. The SMILES string of the molecule is C[C@@H]1CN(C(=O)[C@@H]2CN(c3ccc(C#N)nn3)C[C@H]2c2ncc(F)cc2F)C[C@H](C)[C@]1(O)c1ccc(F)cc1. The van der Waals surface area contributed by atoms with Gasteiger partial charge in [0.25, 0.3) is 0 Å². The summed E-state index contributed by atoms with van der Waals surface area (Å²) in [5, 5.41) is 28.6. The van der Waals surface area contributed by atoms with E-state index >= 15 is 0 Å². The molecule has 39 heavy (non-hydrogen) atoms. The Bertz CT molecular complexity index is 1400. The number of nitriles is 1. The molecule has 0 unspecified atom stereocenters. The number of piperidine rings is 1. The minimum Gasteiger partial charge on any atom is -0.384 e. The van der Waals surface area contributed by atoms with Crippen LogP contribution in [-0.2, 0) is 10.4 Å². The van der Waals surface area contributed by atoms with Gasteiger partial charge in [-0.1, -0.05) is 26.0 Å². The average molecular weight is 537 g/mol. The van der Waals surface area contributed by atoms with E-state index in [2.05, 4.69) is 15.2 Å². The third-order valence-electron chi connectivity index (χ3n) is 8.02. The molecule has 1 aromatic carbocycles. The molecule has 202 valence electrons. The van der Waals surface area contributed by atoms with Crippen molar-refractivity contribution in [3.8, 4) is 6.07 Å². The molecule has 8 nitrogen and oxygen atoms in total. The predicted octanol–water partition coefficient (Wildman–Crippen LogP) is 3.38. The van der Waals surface area contributed by atoms with Crippen LogP contribution in [0.4, 0.5) is 19.0 Å². The molecule has 2 saturated heterocycles. The van der Waals surface area contributed by atoms with Crippen molar-refractivity contribution in [3.63, 3.8) is 0 Å². The number of benzene rings is 1. The molecule has 0 aliphatic carbocycles. The van der Waals surface area contributed by atoms with E-state index in [-0.39, 0.29) is 55.3 Å². The zero-order valence-electron chi connectivity index (χ0n) is 21.4. The van der Waals surface area contributed by atoms with Crippen molar-refractivity contribution in [3.05, 3.63) is 83.1 Å². The maximum Gasteiger partial charge on any atom is 0.228 e. The van der Waals surface area contributed by atoms with Crippen molar-refractivity contribution < 1.29 is 23.1 Å². The van der Waals surface area contributed by atoms with Gasteiger partial charge in [0.1, 0.15) is 23.5 Å². The maximum absolute atomic E-state index is 14.9. The van der Waals surface area contributed by atoms with Gasteiger partial charge in [0.15, 0.2) is 11.5 Å². The highest BCUT2D eigenvalue weighted by molar-refractivity contribution is 5.82. The zero-order valence-corrected chi connectivity index (χ0v) is 21.4. The standard InChI is InChI=1S/C28H27F3N6O2/c1-16-12-37(13-17(2)28(16,39)18-3-5-19(29)6-4-18)27(38)23-15-36(25-8-7-21(10-32)34-35-25)14-22(23)26-24(31)9-20(30)11-33-26/h3-9,11,16-17,22-23,39H,12-15H2,1-2H3/t16-,17+,22-,23-,28+/m1/s1. The highest BCUT2D eigenvalue weighted by atomic mass is 19.1. The van der Waals surface area contributed by atoms with E-state index < -0.39 is 34.9 Å². The summed E-state index contributed by atoms with van der Waals surface area (Å²) in [6.45, 7) is 4.51. The molecule has 0 bridgehead atoms. The van der Waals surface area contributed by atoms with Gasteiger partial charge in [-0.25, -0.2) is 13.2 Å². The number of carbonyl (C=O) groups excluding carboxylic acids is 1. The Morgan fingerprint density at radius 3 is 2.28 bits per heavy atom. The van der Waals surface area contributed by atoms with E-state index in [9.17, 15) is 23.1 Å². The fourth-order valence-corrected chi connectivity index (χ4v) is 5.97. The number of carbonyl (C=O) groups is 1. The monoisotopic (exact) mass is 536 g/mol. The smallest absolute Gasteiger partial charge is 0.228 e. The molecule has 2 fully saturated rings. The second-order valence-corrected chi connectivity index (χ2v) is 10.4. The predicted molar refractivity (Wildman–Crippen MR) is 135 cm³/mol. The quantitative estimate of drug-likeness (QED) is 0.545. The van der Waals surface area contributed by atoms with E-state index in [4.69, 9.17) is 5.26 Å². The Morgan fingerprint density at radius 2 is 1.69 bits per heavy atom. The summed E-state index contributed by atoms with van der Waals surface area (Å²) in [4.78, 5) is 21.4. The molecule has 3 aromatic rings. The number of pyridine rings is 1. The minimum atomic E-state index is -1.27. The number of likely N-dealkylation sites (tertiary alicyclic amines) is 1. The minimum absolute atomic E-state index is 0.0141. The van der Waals surface area contributed by atoms with Crippen molar-refractivity contribution in [2.45, 2.75) is 25.4 Å². The first-order valence-electron chi connectivity index (χ1n) is 12.7. The lowest BCUT2D eigenvalue weighted by molar-refractivity contribution is -0.152. The second-order valence-electron chi connectivity index (χ2n) is 10.4. The fraction of sp³-hybridized carbons (Fsp3) is 0.393. The molecule has 1 N–H and O–H groups in total. The molecule has 11 heteroatoms. The number of aromatic nitrogens is 3. The molecular formula is C28H27F3N6O2. The lowest BCUT2D eigenvalue weighted by Gasteiger charge is -2.48. The Labute approximate surface area is 223 Å². The number of anilines is 1. The molecule has 4 heterocycles. The van der Waals surface area contributed by atoms with Gasteiger partial charge in [-0.15, -0.1) is 10.2 Å². The summed E-state index contributed by atoms with van der Waals surface area (Å²) in [6, 6.07) is 11.5. The molecular weight excluding hydrogens is 509 g/mol. The fourth-order valence-electron chi connectivity index (χ4n) is 5.97. The summed E-state index contributed by atoms with van der Waals surface area (Å²) in [5.41, 5.74) is -0.565. The van der Waals surface area contributed by atoms with Gasteiger partial charge >= 0.3 is 0 Å². The van der Waals surface area contributed by atoms with Crippen LogP contribution in [0.3, 0.4) is 0 Å². The first-order chi connectivity index (χ1) is 18.6. The van der Waals surface area contributed by atoms with Gasteiger partial charge in [0.05, 0.1) is 23.4 Å². The zero-order chi connectivity index (χ0) is 27.9. The van der Waals surface area contributed by atoms with E-state index in [0.29, 0.717) is 11.4 Å². The number of nitrogens with zero attached hydrogens (tertiary/aromatic N) is 6. The normalized spacial score (nSPS) is 26.9. The number of hydrogen-bond donors (Lipinski definition) is 1. The van der Waals surface area contributed by atoms with Gasteiger partial charge in [-0.3, -0.25) is 9.78 Å². The van der Waals surface area contributed by atoms with Crippen LogP contribution in [0.15, 0.2) is 48.7 Å². The van der Waals surface area contributed by atoms with Crippen LogP contribution in [-0.4, -0.2) is 57.3 Å². The molecule has 0 spiro atoms. The molecule has 1 amide bonds. The lowest BCUT2D eigenvalue weighted by Crippen LogP contribution is -2.57. The van der Waals surface area contributed by atoms with E-state index in [0.717, 1.165) is 12.3 Å². The van der Waals surface area contributed by atoms with Gasteiger partial charge < -0.3 is 14.9 Å². The van der Waals surface area contributed by atoms with Crippen LogP contribution >= 0.6 is 0 Å². The molecule has 5 rings (SSSR count). The number of halogens is 3. The van der Waals surface area contributed by atoms with Crippen molar-refractivity contribution in [2.75, 3.05) is 31.1 Å². The highest BCUT2D eigenvalue weighted by Gasteiger charge is 2.49. The van der Waals surface area contributed by atoms with Gasteiger partial charge in [0.2, 0.25) is 5.91 Å². The number of amides is 1. The van der Waals surface area contributed by atoms with Crippen molar-refractivity contribution in [2.24, 2.45) is 17.8 Å². The lowest BCUT2D eigenvalue weighted by atomic mass is 9.70. The maximum atomic E-state index is 14.9. The van der Waals surface area contributed by atoms with Crippen LogP contribution in [0.1, 0.15) is 36.7 Å². The van der Waals surface area contributed by atoms with E-state index in [1.807, 2.05) is 19.9 Å². The van der Waals surface area contributed by atoms with E-state index in [1.165, 1.54) is 18.2 Å². The molecule has 2 aromatic heterocycles. The average Bonchev–Trinajstić information content (AvgIpc) is 3.36. The summed E-state index contributed by atoms with van der Waals surface area (Å²) in [7, 11) is 0. The molecule has 0 saturated carbocycles. The molecule has 5 atom stereocenters. The van der Waals surface area contributed by atoms with Crippen molar-refractivity contribution >= 4 is 11.7 Å².